The maximum absolute atomic E-state index is 12.8. The Bertz CT molecular complexity index is 980. The Morgan fingerprint density at radius 2 is 1.88 bits per heavy atom. The van der Waals surface area contributed by atoms with Gasteiger partial charge in [0.05, 0.1) is 11.3 Å². The first-order chi connectivity index (χ1) is 12.1. The van der Waals surface area contributed by atoms with Crippen molar-refractivity contribution in [2.45, 2.75) is 17.2 Å². The molecule has 0 spiro atoms. The summed E-state index contributed by atoms with van der Waals surface area (Å²) in [4.78, 5) is 11.9. The first-order valence-electron chi connectivity index (χ1n) is 7.13. The number of rotatable bonds is 2. The molecule has 1 atom stereocenters. The van der Waals surface area contributed by atoms with Crippen LogP contribution in [-0.2, 0) is 21.0 Å². The van der Waals surface area contributed by atoms with E-state index in [9.17, 15) is 26.4 Å². The standard InChI is InChI=1S/C15H11ClF3N3O3S/c16-9-2-1-3-10(7-9)20-14(23)13-21-11-6-8(15(17,18)19)4-5-12(11)26(24,25)22-13/h1-7,13,21-22H,(H,20,23)/t13-/m1/s1. The maximum atomic E-state index is 12.8. The number of alkyl halides is 3. The molecule has 0 unspecified atom stereocenters. The molecule has 0 aliphatic carbocycles. The van der Waals surface area contributed by atoms with Crippen molar-refractivity contribution in [2.24, 2.45) is 0 Å². The molecule has 3 N–H and O–H groups in total. The van der Waals surface area contributed by atoms with Crippen LogP contribution in [0.1, 0.15) is 5.56 Å². The highest BCUT2D eigenvalue weighted by atomic mass is 35.5. The zero-order valence-corrected chi connectivity index (χ0v) is 14.3. The van der Waals surface area contributed by atoms with Gasteiger partial charge in [0.15, 0.2) is 6.17 Å². The molecule has 3 rings (SSSR count). The molecule has 2 aromatic rings. The van der Waals surface area contributed by atoms with E-state index in [1.165, 1.54) is 12.1 Å². The summed E-state index contributed by atoms with van der Waals surface area (Å²) in [5.41, 5.74) is -1.04. The lowest BCUT2D eigenvalue weighted by Crippen LogP contribution is -2.51. The average molecular weight is 406 g/mol. The van der Waals surface area contributed by atoms with Gasteiger partial charge in [0.1, 0.15) is 4.90 Å². The van der Waals surface area contributed by atoms with E-state index in [4.69, 9.17) is 11.6 Å². The molecule has 138 valence electrons. The van der Waals surface area contributed by atoms with E-state index in [0.29, 0.717) is 22.8 Å². The molecule has 0 bridgehead atoms. The Labute approximate surface area is 151 Å². The monoisotopic (exact) mass is 405 g/mol. The fourth-order valence-corrected chi connectivity index (χ4v) is 3.80. The molecule has 6 nitrogen and oxygen atoms in total. The Morgan fingerprint density at radius 3 is 2.54 bits per heavy atom. The van der Waals surface area contributed by atoms with Gasteiger partial charge in [0.25, 0.3) is 5.91 Å². The van der Waals surface area contributed by atoms with Crippen LogP contribution in [0.3, 0.4) is 0 Å². The van der Waals surface area contributed by atoms with Gasteiger partial charge in [-0.3, -0.25) is 4.79 Å². The van der Waals surface area contributed by atoms with E-state index in [1.807, 2.05) is 0 Å². The number of carbonyl (C=O) groups is 1. The summed E-state index contributed by atoms with van der Waals surface area (Å²) in [5.74, 6) is -0.807. The highest BCUT2D eigenvalue weighted by molar-refractivity contribution is 7.89. The molecule has 1 aliphatic rings. The van der Waals surface area contributed by atoms with Crippen LogP contribution in [0.5, 0.6) is 0 Å². The highest BCUT2D eigenvalue weighted by Crippen LogP contribution is 2.35. The summed E-state index contributed by atoms with van der Waals surface area (Å²) in [6.45, 7) is 0. The minimum atomic E-state index is -4.65. The number of fused-ring (bicyclic) bond motifs is 1. The van der Waals surface area contributed by atoms with Crippen LogP contribution in [0.15, 0.2) is 47.4 Å². The zero-order valence-electron chi connectivity index (χ0n) is 12.8. The van der Waals surface area contributed by atoms with Gasteiger partial charge >= 0.3 is 6.18 Å². The van der Waals surface area contributed by atoms with Gasteiger partial charge in [0.2, 0.25) is 10.0 Å². The third kappa shape index (κ3) is 3.76. The second-order valence-electron chi connectivity index (χ2n) is 5.41. The minimum Gasteiger partial charge on any atom is -0.360 e. The summed E-state index contributed by atoms with van der Waals surface area (Å²) >= 11 is 5.80. The van der Waals surface area contributed by atoms with E-state index in [0.717, 1.165) is 6.07 Å². The Balaban J connectivity index is 1.90. The van der Waals surface area contributed by atoms with Gasteiger partial charge in [-0.1, -0.05) is 17.7 Å². The van der Waals surface area contributed by atoms with Crippen molar-refractivity contribution in [3.63, 3.8) is 0 Å². The molecule has 11 heteroatoms. The number of halogens is 4. The Morgan fingerprint density at radius 1 is 1.15 bits per heavy atom. The van der Waals surface area contributed by atoms with E-state index in [-0.39, 0.29) is 10.6 Å². The van der Waals surface area contributed by atoms with Gasteiger partial charge in [-0.2, -0.15) is 17.9 Å². The number of carbonyl (C=O) groups excluding carboxylic acids is 1. The van der Waals surface area contributed by atoms with E-state index >= 15 is 0 Å². The Hall–Kier alpha value is -2.30. The largest absolute Gasteiger partial charge is 0.416 e. The second kappa shape index (κ2) is 6.45. The van der Waals surface area contributed by atoms with Gasteiger partial charge in [-0.15, -0.1) is 0 Å². The first-order valence-corrected chi connectivity index (χ1v) is 8.99. The summed E-state index contributed by atoms with van der Waals surface area (Å²) in [6, 6.07) is 8.25. The SMILES string of the molecule is O=C(Nc1cccc(Cl)c1)[C@@H]1Nc2cc(C(F)(F)F)ccc2S(=O)(=O)N1. The van der Waals surface area contributed by atoms with Crippen molar-refractivity contribution in [1.29, 1.82) is 0 Å². The van der Waals surface area contributed by atoms with Crippen molar-refractivity contribution in [2.75, 3.05) is 10.6 Å². The smallest absolute Gasteiger partial charge is 0.360 e. The quantitative estimate of drug-likeness (QED) is 0.716. The number of nitrogens with one attached hydrogen (secondary N) is 3. The molecule has 0 saturated heterocycles. The number of sulfonamides is 1. The van der Waals surface area contributed by atoms with Gasteiger partial charge in [-0.05, 0) is 36.4 Å². The summed E-state index contributed by atoms with van der Waals surface area (Å²) in [7, 11) is -4.17. The number of hydrogen-bond donors (Lipinski definition) is 3. The highest BCUT2D eigenvalue weighted by Gasteiger charge is 2.37. The molecular formula is C15H11ClF3N3O3S. The van der Waals surface area contributed by atoms with Crippen LogP contribution in [0.4, 0.5) is 24.5 Å². The summed E-state index contributed by atoms with van der Waals surface area (Å²) in [6.07, 6.45) is -6.14. The molecular weight excluding hydrogens is 395 g/mol. The van der Waals surface area contributed by atoms with Crippen molar-refractivity contribution in [1.82, 2.24) is 4.72 Å². The van der Waals surface area contributed by atoms with Crippen LogP contribution in [-0.4, -0.2) is 20.5 Å². The minimum absolute atomic E-state index is 0.304. The zero-order chi connectivity index (χ0) is 19.1. The number of anilines is 2. The van der Waals surface area contributed by atoms with Crippen LogP contribution < -0.4 is 15.4 Å². The molecule has 0 radical (unpaired) electrons. The fourth-order valence-electron chi connectivity index (χ4n) is 2.36. The normalized spacial score (nSPS) is 18.5. The molecule has 0 aromatic heterocycles. The molecule has 1 aliphatic heterocycles. The average Bonchev–Trinajstić information content (AvgIpc) is 2.52. The van der Waals surface area contributed by atoms with Gasteiger partial charge < -0.3 is 10.6 Å². The number of benzene rings is 2. The van der Waals surface area contributed by atoms with Crippen molar-refractivity contribution in [3.8, 4) is 0 Å². The third-order valence-corrected chi connectivity index (χ3v) is 5.24. The molecule has 0 saturated carbocycles. The molecule has 1 amide bonds. The molecule has 0 fully saturated rings. The molecule has 1 heterocycles. The van der Waals surface area contributed by atoms with E-state index in [2.05, 4.69) is 15.4 Å². The lowest BCUT2D eigenvalue weighted by molar-refractivity contribution is -0.137. The van der Waals surface area contributed by atoms with E-state index < -0.39 is 33.8 Å². The van der Waals surface area contributed by atoms with Crippen molar-refractivity contribution >= 4 is 38.9 Å². The van der Waals surface area contributed by atoms with Gasteiger partial charge in [-0.25, -0.2) is 8.42 Å². The molecule has 2 aromatic carbocycles. The molecule has 26 heavy (non-hydrogen) atoms. The van der Waals surface area contributed by atoms with Crippen molar-refractivity contribution < 1.29 is 26.4 Å². The lowest BCUT2D eigenvalue weighted by atomic mass is 10.2. The predicted octanol–water partition coefficient (Wildman–Crippen LogP) is 3.03. The van der Waals surface area contributed by atoms with Crippen LogP contribution in [0.2, 0.25) is 5.02 Å². The summed E-state index contributed by atoms with van der Waals surface area (Å²) in [5, 5.41) is 5.24. The van der Waals surface area contributed by atoms with Crippen LogP contribution in [0.25, 0.3) is 0 Å². The Kier molecular flexibility index (Phi) is 4.59. The third-order valence-electron chi connectivity index (χ3n) is 3.52. The maximum Gasteiger partial charge on any atom is 0.416 e. The second-order valence-corrected chi connectivity index (χ2v) is 7.53. The predicted molar refractivity (Wildman–Crippen MR) is 89.3 cm³/mol. The first kappa shape index (κ1) is 18.5. The number of hydrogen-bond acceptors (Lipinski definition) is 4. The van der Waals surface area contributed by atoms with Gasteiger partial charge in [0, 0.05) is 10.7 Å². The van der Waals surface area contributed by atoms with Crippen LogP contribution >= 0.6 is 11.6 Å². The van der Waals surface area contributed by atoms with E-state index in [1.54, 1.807) is 12.1 Å². The van der Waals surface area contributed by atoms with Crippen LogP contribution in [0, 0.1) is 0 Å². The summed E-state index contributed by atoms with van der Waals surface area (Å²) < 4.78 is 65.1. The topological polar surface area (TPSA) is 87.3 Å². The lowest BCUT2D eigenvalue weighted by Gasteiger charge is -2.27. The number of amides is 1. The van der Waals surface area contributed by atoms with Crippen molar-refractivity contribution in [3.05, 3.63) is 53.1 Å². The fraction of sp³-hybridized carbons (Fsp3) is 0.133.